The molecule has 8 heteroatoms. The van der Waals surface area contributed by atoms with Gasteiger partial charge in [0.1, 0.15) is 5.82 Å². The van der Waals surface area contributed by atoms with E-state index in [1.807, 2.05) is 18.2 Å². The summed E-state index contributed by atoms with van der Waals surface area (Å²) < 4.78 is 18.7. The van der Waals surface area contributed by atoms with Crippen molar-refractivity contribution in [2.24, 2.45) is 0 Å². The molecule has 2 aromatic rings. The fraction of sp³-hybridized carbons (Fsp3) is 0.458. The Labute approximate surface area is 198 Å². The Bertz CT molecular complexity index is 927. The van der Waals surface area contributed by atoms with Gasteiger partial charge in [-0.15, -0.1) is 0 Å². The largest absolute Gasteiger partial charge is 0.381 e. The summed E-state index contributed by atoms with van der Waals surface area (Å²) in [5.74, 6) is -0.222. The lowest BCUT2D eigenvalue weighted by atomic mass is 9.73. The zero-order valence-electron chi connectivity index (χ0n) is 18.0. The molecule has 0 spiro atoms. The minimum Gasteiger partial charge on any atom is -0.381 e. The summed E-state index contributed by atoms with van der Waals surface area (Å²) in [6, 6.07) is 12.0. The van der Waals surface area contributed by atoms with Crippen LogP contribution in [0.4, 0.5) is 10.1 Å². The predicted molar refractivity (Wildman–Crippen MR) is 126 cm³/mol. The maximum atomic E-state index is 13.3. The van der Waals surface area contributed by atoms with Gasteiger partial charge in [-0.3, -0.25) is 9.69 Å². The van der Waals surface area contributed by atoms with Crippen LogP contribution in [-0.2, 0) is 14.9 Å². The van der Waals surface area contributed by atoms with E-state index in [2.05, 4.69) is 15.1 Å². The number of amides is 1. The summed E-state index contributed by atoms with van der Waals surface area (Å²) in [7, 11) is 0. The van der Waals surface area contributed by atoms with E-state index in [0.717, 1.165) is 44.0 Å². The quantitative estimate of drug-likeness (QED) is 0.676. The zero-order chi connectivity index (χ0) is 22.6. The molecule has 2 fully saturated rings. The third-order valence-corrected chi connectivity index (χ3v) is 7.05. The number of nitrogens with zero attached hydrogens (tertiary/aromatic N) is 2. The molecule has 32 heavy (non-hydrogen) atoms. The van der Waals surface area contributed by atoms with Crippen molar-refractivity contribution in [3.8, 4) is 0 Å². The average Bonchev–Trinajstić information content (AvgIpc) is 2.80. The standard InChI is InChI=1S/C24H28Cl2FN3O2/c25-18-1-6-21(22(26)17-18)24(7-15-32-16-8-24)23(31)28-9-10-29-11-13-30(14-12-29)20-4-2-19(27)3-5-20/h1-6,17H,7-16H2,(H,28,31). The summed E-state index contributed by atoms with van der Waals surface area (Å²) in [4.78, 5) is 17.9. The van der Waals surface area contributed by atoms with E-state index in [4.69, 9.17) is 27.9 Å². The molecule has 5 nitrogen and oxygen atoms in total. The number of ether oxygens (including phenoxy) is 1. The SMILES string of the molecule is O=C(NCCN1CCN(c2ccc(F)cc2)CC1)C1(c2ccc(Cl)cc2Cl)CCOCC1. The Morgan fingerprint density at radius 1 is 1.03 bits per heavy atom. The molecule has 0 unspecified atom stereocenters. The number of nitrogens with one attached hydrogen (secondary N) is 1. The van der Waals surface area contributed by atoms with Crippen molar-refractivity contribution < 1.29 is 13.9 Å². The van der Waals surface area contributed by atoms with Crippen molar-refractivity contribution in [3.05, 3.63) is 63.9 Å². The minimum atomic E-state index is -0.693. The third-order valence-electron chi connectivity index (χ3n) is 6.51. The van der Waals surface area contributed by atoms with Gasteiger partial charge in [0.15, 0.2) is 0 Å². The smallest absolute Gasteiger partial charge is 0.230 e. The minimum absolute atomic E-state index is 0.00466. The highest BCUT2D eigenvalue weighted by atomic mass is 35.5. The van der Waals surface area contributed by atoms with Crippen molar-refractivity contribution in [3.63, 3.8) is 0 Å². The molecule has 2 aliphatic heterocycles. The maximum Gasteiger partial charge on any atom is 0.230 e. The van der Waals surface area contributed by atoms with Crippen LogP contribution in [0.2, 0.25) is 10.0 Å². The maximum absolute atomic E-state index is 13.3. The van der Waals surface area contributed by atoms with Gasteiger partial charge in [-0.2, -0.15) is 0 Å². The second-order valence-electron chi connectivity index (χ2n) is 8.38. The number of halogens is 3. The van der Waals surface area contributed by atoms with Gasteiger partial charge in [0.2, 0.25) is 5.91 Å². The molecule has 1 amide bonds. The molecule has 0 radical (unpaired) electrons. The normalized spacial score (nSPS) is 19.0. The third kappa shape index (κ3) is 5.20. The van der Waals surface area contributed by atoms with E-state index in [1.165, 1.54) is 12.1 Å². The lowest BCUT2D eigenvalue weighted by molar-refractivity contribution is -0.130. The number of benzene rings is 2. The van der Waals surface area contributed by atoms with Gasteiger partial charge >= 0.3 is 0 Å². The molecule has 0 bridgehead atoms. The van der Waals surface area contributed by atoms with E-state index < -0.39 is 5.41 Å². The van der Waals surface area contributed by atoms with Crippen molar-refractivity contribution in [2.45, 2.75) is 18.3 Å². The van der Waals surface area contributed by atoms with Crippen LogP contribution in [0.25, 0.3) is 0 Å². The van der Waals surface area contributed by atoms with Gasteiger partial charge in [-0.05, 0) is 54.8 Å². The van der Waals surface area contributed by atoms with Crippen molar-refractivity contribution in [2.75, 3.05) is 57.4 Å². The number of piperazine rings is 1. The number of hydrogen-bond donors (Lipinski definition) is 1. The van der Waals surface area contributed by atoms with Crippen molar-refractivity contribution >= 4 is 34.8 Å². The molecular formula is C24H28Cl2FN3O2. The highest BCUT2D eigenvalue weighted by Crippen LogP contribution is 2.39. The predicted octanol–water partition coefficient (Wildman–Crippen LogP) is 4.12. The van der Waals surface area contributed by atoms with Crippen LogP contribution in [0, 0.1) is 5.82 Å². The Hall–Kier alpha value is -1.86. The van der Waals surface area contributed by atoms with E-state index in [9.17, 15) is 9.18 Å². The molecule has 172 valence electrons. The van der Waals surface area contributed by atoms with Crippen LogP contribution >= 0.6 is 23.2 Å². The van der Waals surface area contributed by atoms with E-state index in [1.54, 1.807) is 12.1 Å². The van der Waals surface area contributed by atoms with E-state index in [-0.39, 0.29) is 11.7 Å². The molecule has 0 atom stereocenters. The Morgan fingerprint density at radius 3 is 2.38 bits per heavy atom. The zero-order valence-corrected chi connectivity index (χ0v) is 19.5. The molecule has 2 aromatic carbocycles. The molecule has 0 aliphatic carbocycles. The number of rotatable bonds is 6. The topological polar surface area (TPSA) is 44.8 Å². The lowest BCUT2D eigenvalue weighted by Crippen LogP contribution is -2.51. The molecule has 0 aromatic heterocycles. The number of hydrogen-bond acceptors (Lipinski definition) is 4. The molecule has 2 aliphatic rings. The van der Waals surface area contributed by atoms with Crippen LogP contribution in [0.1, 0.15) is 18.4 Å². The summed E-state index contributed by atoms with van der Waals surface area (Å²) in [5.41, 5.74) is 1.17. The van der Waals surface area contributed by atoms with E-state index in [0.29, 0.717) is 42.6 Å². The van der Waals surface area contributed by atoms with Crippen molar-refractivity contribution in [1.29, 1.82) is 0 Å². The first-order chi connectivity index (χ1) is 15.5. The van der Waals surface area contributed by atoms with Crippen LogP contribution in [-0.4, -0.2) is 63.3 Å². The van der Waals surface area contributed by atoms with Crippen molar-refractivity contribution in [1.82, 2.24) is 10.2 Å². The monoisotopic (exact) mass is 479 g/mol. The molecule has 1 N–H and O–H groups in total. The summed E-state index contributed by atoms with van der Waals surface area (Å²) in [5, 5.41) is 4.22. The number of carbonyl (C=O) groups excluding carboxylic acids is 1. The first-order valence-corrected chi connectivity index (χ1v) is 11.8. The summed E-state index contributed by atoms with van der Waals surface area (Å²) in [6.07, 6.45) is 1.19. The van der Waals surface area contributed by atoms with Crippen LogP contribution in [0.3, 0.4) is 0 Å². The second kappa shape index (κ2) is 10.4. The fourth-order valence-corrected chi connectivity index (χ4v) is 5.18. The van der Waals surface area contributed by atoms with E-state index >= 15 is 0 Å². The highest BCUT2D eigenvalue weighted by Gasteiger charge is 2.43. The van der Waals surface area contributed by atoms with Gasteiger partial charge in [-0.25, -0.2) is 4.39 Å². The van der Waals surface area contributed by atoms with Crippen LogP contribution < -0.4 is 10.2 Å². The van der Waals surface area contributed by atoms with Gasteiger partial charge in [0.05, 0.1) is 5.41 Å². The number of anilines is 1. The number of carbonyl (C=O) groups is 1. The van der Waals surface area contributed by atoms with Gasteiger partial charge in [0, 0.05) is 68.2 Å². The van der Waals surface area contributed by atoms with Crippen LogP contribution in [0.15, 0.2) is 42.5 Å². The lowest BCUT2D eigenvalue weighted by Gasteiger charge is -2.38. The summed E-state index contributed by atoms with van der Waals surface area (Å²) in [6.45, 7) is 5.95. The average molecular weight is 480 g/mol. The first-order valence-electron chi connectivity index (χ1n) is 11.0. The van der Waals surface area contributed by atoms with Gasteiger partial charge in [0.25, 0.3) is 0 Å². The van der Waals surface area contributed by atoms with Gasteiger partial charge < -0.3 is 15.0 Å². The van der Waals surface area contributed by atoms with Gasteiger partial charge in [-0.1, -0.05) is 29.3 Å². The molecule has 4 rings (SSSR count). The molecule has 2 saturated heterocycles. The second-order valence-corrected chi connectivity index (χ2v) is 9.22. The molecule has 0 saturated carbocycles. The Balaban J connectivity index is 1.32. The first kappa shape index (κ1) is 23.3. The highest BCUT2D eigenvalue weighted by molar-refractivity contribution is 6.35. The Kier molecular flexibility index (Phi) is 7.56. The molecule has 2 heterocycles. The molecular weight excluding hydrogens is 452 g/mol. The Morgan fingerprint density at radius 2 is 1.72 bits per heavy atom. The fourth-order valence-electron chi connectivity index (χ4n) is 4.59. The van der Waals surface area contributed by atoms with Crippen LogP contribution in [0.5, 0.6) is 0 Å². The summed E-state index contributed by atoms with van der Waals surface area (Å²) >= 11 is 12.6.